The van der Waals surface area contributed by atoms with Crippen molar-refractivity contribution in [2.24, 2.45) is 7.05 Å². The summed E-state index contributed by atoms with van der Waals surface area (Å²) in [6, 6.07) is 2.01. The summed E-state index contributed by atoms with van der Waals surface area (Å²) in [6.45, 7) is 0.807. The molecular weight excluding hydrogens is 216 g/mol. The summed E-state index contributed by atoms with van der Waals surface area (Å²) in [6.07, 6.45) is 6.11. The average Bonchev–Trinajstić information content (AvgIpc) is 2.76. The van der Waals surface area contributed by atoms with Crippen LogP contribution in [0.25, 0.3) is 0 Å². The Labute approximate surface area is 100 Å². The summed E-state index contributed by atoms with van der Waals surface area (Å²) in [5.74, 6) is 1.54. The predicted molar refractivity (Wildman–Crippen MR) is 67.0 cm³/mol. The molecule has 0 bridgehead atoms. The molecule has 0 fully saturated rings. The van der Waals surface area contributed by atoms with E-state index < -0.39 is 0 Å². The maximum absolute atomic E-state index is 4.33. The minimum Gasteiger partial charge on any atom is -0.372 e. The van der Waals surface area contributed by atoms with Crippen molar-refractivity contribution in [2.75, 3.05) is 24.2 Å². The van der Waals surface area contributed by atoms with Crippen LogP contribution in [0.2, 0.25) is 0 Å². The third kappa shape index (κ3) is 2.93. The second kappa shape index (κ2) is 5.29. The molecule has 2 heterocycles. The number of hydrogen-bond donors (Lipinski definition) is 2. The van der Waals surface area contributed by atoms with E-state index in [0.717, 1.165) is 24.6 Å². The largest absolute Gasteiger partial charge is 0.372 e. The number of aromatic nitrogens is 4. The molecule has 2 N–H and O–H groups in total. The maximum atomic E-state index is 4.33. The van der Waals surface area contributed by atoms with Gasteiger partial charge in [0.05, 0.1) is 12.4 Å². The van der Waals surface area contributed by atoms with Gasteiger partial charge in [0.25, 0.3) is 0 Å². The Hall–Kier alpha value is -2.11. The number of anilines is 2. The van der Waals surface area contributed by atoms with E-state index in [1.165, 1.54) is 5.69 Å². The second-order valence-electron chi connectivity index (χ2n) is 3.66. The van der Waals surface area contributed by atoms with Gasteiger partial charge in [-0.15, -0.1) is 0 Å². The molecule has 0 atom stereocenters. The monoisotopic (exact) mass is 232 g/mol. The predicted octanol–water partition coefficient (Wildman–Crippen LogP) is 0.906. The summed E-state index contributed by atoms with van der Waals surface area (Å²) in [7, 11) is 3.76. The second-order valence-corrected chi connectivity index (χ2v) is 3.66. The summed E-state index contributed by atoms with van der Waals surface area (Å²) < 4.78 is 1.87. The lowest BCUT2D eigenvalue weighted by atomic mass is 10.3. The molecule has 0 aliphatic rings. The maximum Gasteiger partial charge on any atom is 0.146 e. The lowest BCUT2D eigenvalue weighted by molar-refractivity contribution is 0.711. The lowest BCUT2D eigenvalue weighted by Crippen LogP contribution is -2.10. The third-order valence-electron chi connectivity index (χ3n) is 2.50. The van der Waals surface area contributed by atoms with Crippen molar-refractivity contribution >= 4 is 11.6 Å². The van der Waals surface area contributed by atoms with Gasteiger partial charge in [0.1, 0.15) is 11.6 Å². The molecular formula is C11H16N6. The van der Waals surface area contributed by atoms with E-state index in [9.17, 15) is 0 Å². The van der Waals surface area contributed by atoms with Crippen LogP contribution in [0.5, 0.6) is 0 Å². The first-order valence-corrected chi connectivity index (χ1v) is 5.50. The van der Waals surface area contributed by atoms with Gasteiger partial charge in [0, 0.05) is 39.0 Å². The molecule has 2 aromatic heterocycles. The Morgan fingerprint density at radius 1 is 1.29 bits per heavy atom. The van der Waals surface area contributed by atoms with Crippen LogP contribution < -0.4 is 10.6 Å². The van der Waals surface area contributed by atoms with Crippen LogP contribution >= 0.6 is 0 Å². The van der Waals surface area contributed by atoms with Gasteiger partial charge < -0.3 is 10.6 Å². The molecule has 17 heavy (non-hydrogen) atoms. The molecule has 0 saturated heterocycles. The van der Waals surface area contributed by atoms with E-state index in [2.05, 4.69) is 25.7 Å². The van der Waals surface area contributed by atoms with Crippen molar-refractivity contribution < 1.29 is 0 Å². The highest BCUT2D eigenvalue weighted by Crippen LogP contribution is 2.06. The molecule has 6 heteroatoms. The Morgan fingerprint density at radius 3 is 2.82 bits per heavy atom. The van der Waals surface area contributed by atoms with Gasteiger partial charge in [-0.25, -0.2) is 4.98 Å². The number of rotatable bonds is 5. The summed E-state index contributed by atoms with van der Waals surface area (Å²) in [5, 5.41) is 10.3. The van der Waals surface area contributed by atoms with Crippen molar-refractivity contribution in [1.82, 2.24) is 19.7 Å². The van der Waals surface area contributed by atoms with E-state index in [-0.39, 0.29) is 0 Å². The number of nitrogens with zero attached hydrogens (tertiary/aromatic N) is 4. The van der Waals surface area contributed by atoms with Crippen molar-refractivity contribution in [3.8, 4) is 0 Å². The highest BCUT2D eigenvalue weighted by molar-refractivity contribution is 5.40. The van der Waals surface area contributed by atoms with Crippen molar-refractivity contribution in [1.29, 1.82) is 0 Å². The van der Waals surface area contributed by atoms with Crippen LogP contribution in [0.15, 0.2) is 24.7 Å². The van der Waals surface area contributed by atoms with E-state index in [1.54, 1.807) is 18.6 Å². The SMILES string of the molecule is CNc1cncc(NCCc2ccnn2C)n1. The molecule has 2 rings (SSSR count). The van der Waals surface area contributed by atoms with Crippen LogP contribution in [0.3, 0.4) is 0 Å². The summed E-state index contributed by atoms with van der Waals surface area (Å²) >= 11 is 0. The molecule has 0 spiro atoms. The van der Waals surface area contributed by atoms with Crippen LogP contribution in [0, 0.1) is 0 Å². The van der Waals surface area contributed by atoms with Crippen LogP contribution in [-0.2, 0) is 13.5 Å². The minimum absolute atomic E-state index is 0.760. The molecule has 6 nitrogen and oxygen atoms in total. The highest BCUT2D eigenvalue weighted by Gasteiger charge is 1.99. The first kappa shape index (κ1) is 11.4. The Kier molecular flexibility index (Phi) is 3.54. The van der Waals surface area contributed by atoms with Crippen LogP contribution in [0.1, 0.15) is 5.69 Å². The zero-order valence-corrected chi connectivity index (χ0v) is 10.0. The molecule has 90 valence electrons. The van der Waals surface area contributed by atoms with Crippen LogP contribution in [0.4, 0.5) is 11.6 Å². The van der Waals surface area contributed by atoms with Crippen molar-refractivity contribution in [2.45, 2.75) is 6.42 Å². The van der Waals surface area contributed by atoms with E-state index in [0.29, 0.717) is 0 Å². The molecule has 0 aliphatic carbocycles. The lowest BCUT2D eigenvalue weighted by Gasteiger charge is -2.06. The molecule has 0 unspecified atom stereocenters. The van der Waals surface area contributed by atoms with Gasteiger partial charge in [-0.3, -0.25) is 9.67 Å². The Morgan fingerprint density at radius 2 is 2.12 bits per heavy atom. The zero-order chi connectivity index (χ0) is 12.1. The molecule has 0 aliphatic heterocycles. The van der Waals surface area contributed by atoms with Gasteiger partial charge in [0.2, 0.25) is 0 Å². The Balaban J connectivity index is 1.87. The summed E-state index contributed by atoms with van der Waals surface area (Å²) in [5.41, 5.74) is 1.19. The fourth-order valence-electron chi connectivity index (χ4n) is 1.54. The molecule has 2 aromatic rings. The van der Waals surface area contributed by atoms with Crippen molar-refractivity contribution in [3.05, 3.63) is 30.4 Å². The minimum atomic E-state index is 0.760. The van der Waals surface area contributed by atoms with Crippen LogP contribution in [-0.4, -0.2) is 33.3 Å². The number of nitrogens with one attached hydrogen (secondary N) is 2. The average molecular weight is 232 g/mol. The Bertz CT molecular complexity index is 478. The van der Waals surface area contributed by atoms with Gasteiger partial charge in [-0.05, 0) is 6.07 Å². The third-order valence-corrected chi connectivity index (χ3v) is 2.50. The summed E-state index contributed by atoms with van der Waals surface area (Å²) in [4.78, 5) is 8.41. The smallest absolute Gasteiger partial charge is 0.146 e. The first-order chi connectivity index (χ1) is 8.29. The standard InChI is InChI=1S/C11H16N6/c1-12-10-7-13-8-11(16-10)14-5-3-9-4-6-15-17(9)2/h4,6-8H,3,5H2,1-2H3,(H2,12,14,16). The number of hydrogen-bond acceptors (Lipinski definition) is 5. The van der Waals surface area contributed by atoms with E-state index >= 15 is 0 Å². The first-order valence-electron chi connectivity index (χ1n) is 5.50. The molecule has 0 saturated carbocycles. The highest BCUT2D eigenvalue weighted by atomic mass is 15.3. The van der Waals surface area contributed by atoms with Crippen molar-refractivity contribution in [3.63, 3.8) is 0 Å². The van der Waals surface area contributed by atoms with Gasteiger partial charge in [0.15, 0.2) is 0 Å². The zero-order valence-electron chi connectivity index (χ0n) is 10.0. The normalized spacial score (nSPS) is 10.2. The quantitative estimate of drug-likeness (QED) is 0.802. The van der Waals surface area contributed by atoms with E-state index in [1.807, 2.05) is 24.8 Å². The molecule has 0 aromatic carbocycles. The van der Waals surface area contributed by atoms with E-state index in [4.69, 9.17) is 0 Å². The van der Waals surface area contributed by atoms with Gasteiger partial charge in [-0.2, -0.15) is 5.10 Å². The fraction of sp³-hybridized carbons (Fsp3) is 0.364. The van der Waals surface area contributed by atoms with Gasteiger partial charge in [-0.1, -0.05) is 0 Å². The topological polar surface area (TPSA) is 67.7 Å². The van der Waals surface area contributed by atoms with Gasteiger partial charge >= 0.3 is 0 Å². The number of aryl methyl sites for hydroxylation is 1. The fourth-order valence-corrected chi connectivity index (χ4v) is 1.54. The molecule has 0 radical (unpaired) electrons. The molecule has 0 amide bonds.